The van der Waals surface area contributed by atoms with E-state index in [0.717, 1.165) is 6.42 Å². The van der Waals surface area contributed by atoms with Crippen LogP contribution >= 0.6 is 23.2 Å². The number of sulfonamides is 1. The van der Waals surface area contributed by atoms with Crippen LogP contribution in [0.1, 0.15) is 26.7 Å². The molecule has 1 rings (SSSR count). The van der Waals surface area contributed by atoms with Crippen LogP contribution in [-0.2, 0) is 14.8 Å². The van der Waals surface area contributed by atoms with Gasteiger partial charge in [0.15, 0.2) is 0 Å². The molecule has 1 aromatic heterocycles. The minimum Gasteiger partial charge on any atom is -0.379 e. The number of nitrogens with one attached hydrogen (secondary N) is 1. The summed E-state index contributed by atoms with van der Waals surface area (Å²) < 4.78 is 31.8. The molecule has 0 unspecified atom stereocenters. The van der Waals surface area contributed by atoms with Gasteiger partial charge in [0.1, 0.15) is 10.0 Å². The van der Waals surface area contributed by atoms with Crippen LogP contribution in [0.25, 0.3) is 0 Å². The second kappa shape index (κ2) is 8.14. The lowest BCUT2D eigenvalue weighted by molar-refractivity contribution is 0.0762. The van der Waals surface area contributed by atoms with Gasteiger partial charge in [0, 0.05) is 19.3 Å². The van der Waals surface area contributed by atoms with Gasteiger partial charge in [-0.1, -0.05) is 23.2 Å². The van der Waals surface area contributed by atoms with Crippen molar-refractivity contribution >= 4 is 33.2 Å². The summed E-state index contributed by atoms with van der Waals surface area (Å²) in [5.41, 5.74) is 0. The van der Waals surface area contributed by atoms with Crippen molar-refractivity contribution in [3.8, 4) is 0 Å². The molecule has 0 aromatic carbocycles. The van der Waals surface area contributed by atoms with E-state index in [1.807, 2.05) is 13.8 Å². The minimum absolute atomic E-state index is 0.00494. The second-order valence-corrected chi connectivity index (χ2v) is 7.00. The van der Waals surface area contributed by atoms with Gasteiger partial charge in [-0.3, -0.25) is 0 Å². The van der Waals surface area contributed by atoms with E-state index in [0.29, 0.717) is 19.6 Å². The van der Waals surface area contributed by atoms with Gasteiger partial charge >= 0.3 is 0 Å². The largest absolute Gasteiger partial charge is 0.379 e. The van der Waals surface area contributed by atoms with Crippen LogP contribution in [0.2, 0.25) is 10.2 Å². The highest BCUT2D eigenvalue weighted by atomic mass is 35.5. The van der Waals surface area contributed by atoms with Crippen molar-refractivity contribution in [3.63, 3.8) is 0 Å². The summed E-state index contributed by atoms with van der Waals surface area (Å²) in [4.78, 5) is 3.72. The highest BCUT2D eigenvalue weighted by Crippen LogP contribution is 2.21. The highest BCUT2D eigenvalue weighted by Gasteiger charge is 2.15. The van der Waals surface area contributed by atoms with Crippen LogP contribution in [0.3, 0.4) is 0 Å². The van der Waals surface area contributed by atoms with E-state index in [4.69, 9.17) is 27.9 Å². The summed E-state index contributed by atoms with van der Waals surface area (Å²) in [6.45, 7) is 4.87. The molecule has 0 aliphatic rings. The van der Waals surface area contributed by atoms with E-state index in [1.54, 1.807) is 0 Å². The SMILES string of the molecule is CC(C)OCCCCNS(=O)(=O)c1cnc(Cl)c(Cl)c1. The van der Waals surface area contributed by atoms with Gasteiger partial charge in [-0.05, 0) is 32.8 Å². The maximum absolute atomic E-state index is 12.0. The Morgan fingerprint density at radius 2 is 2.05 bits per heavy atom. The molecule has 8 heteroatoms. The quantitative estimate of drug-likeness (QED) is 0.583. The monoisotopic (exact) mass is 340 g/mol. The van der Waals surface area contributed by atoms with Crippen molar-refractivity contribution in [3.05, 3.63) is 22.4 Å². The summed E-state index contributed by atoms with van der Waals surface area (Å²) in [6.07, 6.45) is 2.85. The molecule has 0 bridgehead atoms. The number of aromatic nitrogens is 1. The Morgan fingerprint density at radius 3 is 2.65 bits per heavy atom. The van der Waals surface area contributed by atoms with Crippen molar-refractivity contribution < 1.29 is 13.2 Å². The molecule has 0 radical (unpaired) electrons. The number of pyridine rings is 1. The minimum atomic E-state index is -3.60. The Morgan fingerprint density at radius 1 is 1.35 bits per heavy atom. The van der Waals surface area contributed by atoms with Crippen molar-refractivity contribution in [2.75, 3.05) is 13.2 Å². The van der Waals surface area contributed by atoms with Gasteiger partial charge in [0.25, 0.3) is 0 Å². The van der Waals surface area contributed by atoms with E-state index in [-0.39, 0.29) is 21.2 Å². The molecule has 0 spiro atoms. The summed E-state index contributed by atoms with van der Waals surface area (Å²) in [5.74, 6) is 0. The Kier molecular flexibility index (Phi) is 7.19. The van der Waals surface area contributed by atoms with Crippen molar-refractivity contribution in [1.82, 2.24) is 9.71 Å². The molecule has 0 amide bonds. The van der Waals surface area contributed by atoms with E-state index in [1.165, 1.54) is 12.3 Å². The molecule has 20 heavy (non-hydrogen) atoms. The third kappa shape index (κ3) is 5.93. The molecule has 5 nitrogen and oxygen atoms in total. The van der Waals surface area contributed by atoms with Crippen LogP contribution in [0.5, 0.6) is 0 Å². The fourth-order valence-electron chi connectivity index (χ4n) is 1.39. The highest BCUT2D eigenvalue weighted by molar-refractivity contribution is 7.89. The Balaban J connectivity index is 2.43. The van der Waals surface area contributed by atoms with Crippen molar-refractivity contribution in [2.45, 2.75) is 37.7 Å². The normalized spacial score (nSPS) is 12.1. The maximum atomic E-state index is 12.0. The molecule has 114 valence electrons. The lowest BCUT2D eigenvalue weighted by Gasteiger charge is -2.08. The topological polar surface area (TPSA) is 68.3 Å². The summed E-state index contributed by atoms with van der Waals surface area (Å²) in [5, 5.41) is 0.191. The predicted molar refractivity (Wildman–Crippen MR) is 79.8 cm³/mol. The molecule has 0 saturated heterocycles. The van der Waals surface area contributed by atoms with E-state index in [9.17, 15) is 8.42 Å². The molecule has 0 fully saturated rings. The van der Waals surface area contributed by atoms with Gasteiger partial charge in [0.2, 0.25) is 10.0 Å². The molecule has 1 N–H and O–H groups in total. The van der Waals surface area contributed by atoms with Crippen LogP contribution in [-0.4, -0.2) is 32.7 Å². The van der Waals surface area contributed by atoms with Gasteiger partial charge in [0.05, 0.1) is 11.1 Å². The summed E-state index contributed by atoms with van der Waals surface area (Å²) >= 11 is 11.4. The van der Waals surface area contributed by atoms with Gasteiger partial charge < -0.3 is 4.74 Å². The first-order chi connectivity index (χ1) is 9.33. The smallest absolute Gasteiger partial charge is 0.242 e. The fraction of sp³-hybridized carbons (Fsp3) is 0.583. The van der Waals surface area contributed by atoms with Gasteiger partial charge in [-0.2, -0.15) is 0 Å². The molecule has 0 atom stereocenters. The predicted octanol–water partition coefficient (Wildman–Crippen LogP) is 2.87. The molecule has 0 aliphatic heterocycles. The number of nitrogens with zero attached hydrogens (tertiary/aromatic N) is 1. The molecular weight excluding hydrogens is 323 g/mol. The zero-order valence-corrected chi connectivity index (χ0v) is 13.7. The third-order valence-electron chi connectivity index (χ3n) is 2.40. The number of hydrogen-bond donors (Lipinski definition) is 1. The van der Waals surface area contributed by atoms with E-state index >= 15 is 0 Å². The van der Waals surface area contributed by atoms with E-state index < -0.39 is 10.0 Å². The molecule has 1 aromatic rings. The number of unbranched alkanes of at least 4 members (excludes halogenated alkanes) is 1. The molecular formula is C12H18Cl2N2O3S. The summed E-state index contributed by atoms with van der Waals surface area (Å²) in [7, 11) is -3.60. The first-order valence-corrected chi connectivity index (χ1v) is 8.49. The Hall–Kier alpha value is -0.400. The number of rotatable bonds is 8. The number of halogens is 2. The lowest BCUT2D eigenvalue weighted by Crippen LogP contribution is -2.25. The van der Waals surface area contributed by atoms with Crippen LogP contribution in [0.4, 0.5) is 0 Å². The zero-order chi connectivity index (χ0) is 15.2. The first kappa shape index (κ1) is 17.7. The number of ether oxygens (including phenoxy) is 1. The zero-order valence-electron chi connectivity index (χ0n) is 11.4. The fourth-order valence-corrected chi connectivity index (χ4v) is 2.77. The second-order valence-electron chi connectivity index (χ2n) is 4.47. The summed E-state index contributed by atoms with van der Waals surface area (Å²) in [6, 6.07) is 1.28. The first-order valence-electron chi connectivity index (χ1n) is 6.25. The standard InChI is InChI=1S/C12H18Cl2N2O3S/c1-9(2)19-6-4-3-5-16-20(17,18)10-7-11(13)12(14)15-8-10/h7-9,16H,3-6H2,1-2H3. The number of hydrogen-bond acceptors (Lipinski definition) is 4. The van der Waals surface area contributed by atoms with Crippen LogP contribution < -0.4 is 4.72 Å². The van der Waals surface area contributed by atoms with E-state index in [2.05, 4.69) is 9.71 Å². The average molecular weight is 341 g/mol. The molecule has 0 saturated carbocycles. The lowest BCUT2D eigenvalue weighted by atomic mass is 10.3. The van der Waals surface area contributed by atoms with Crippen LogP contribution in [0.15, 0.2) is 17.2 Å². The van der Waals surface area contributed by atoms with Gasteiger partial charge in [-0.15, -0.1) is 0 Å². The van der Waals surface area contributed by atoms with Gasteiger partial charge in [-0.25, -0.2) is 18.1 Å². The molecule has 1 heterocycles. The van der Waals surface area contributed by atoms with Crippen molar-refractivity contribution in [1.29, 1.82) is 0 Å². The maximum Gasteiger partial charge on any atom is 0.242 e. The Labute approximate surface area is 129 Å². The molecule has 0 aliphatic carbocycles. The third-order valence-corrected chi connectivity index (χ3v) is 4.51. The van der Waals surface area contributed by atoms with Crippen molar-refractivity contribution in [2.24, 2.45) is 0 Å². The Bertz CT molecular complexity index is 536. The average Bonchev–Trinajstić information content (AvgIpc) is 2.36. The van der Waals surface area contributed by atoms with Crippen LogP contribution in [0, 0.1) is 0 Å².